The SMILES string of the molecule is N#CN(CCO[N+](=O)[O-])C(=N)c1cccnc1. The van der Waals surface area contributed by atoms with Gasteiger partial charge in [-0.2, -0.15) is 5.26 Å². The van der Waals surface area contributed by atoms with Crippen LogP contribution in [0.4, 0.5) is 0 Å². The van der Waals surface area contributed by atoms with Crippen molar-refractivity contribution in [1.82, 2.24) is 9.88 Å². The van der Waals surface area contributed by atoms with Crippen LogP contribution in [-0.2, 0) is 4.84 Å². The Balaban J connectivity index is 2.60. The summed E-state index contributed by atoms with van der Waals surface area (Å²) >= 11 is 0. The summed E-state index contributed by atoms with van der Waals surface area (Å²) in [6.07, 6.45) is 4.73. The highest BCUT2D eigenvalue weighted by Crippen LogP contribution is 2.01. The van der Waals surface area contributed by atoms with E-state index in [1.54, 1.807) is 24.5 Å². The average molecular weight is 235 g/mol. The molecule has 0 aliphatic heterocycles. The molecule has 0 saturated heterocycles. The summed E-state index contributed by atoms with van der Waals surface area (Å²) in [7, 11) is 0. The van der Waals surface area contributed by atoms with Gasteiger partial charge in [0.2, 0.25) is 0 Å². The lowest BCUT2D eigenvalue weighted by atomic mass is 10.2. The summed E-state index contributed by atoms with van der Waals surface area (Å²) in [4.78, 5) is 18.8. The number of amidine groups is 1. The van der Waals surface area contributed by atoms with Gasteiger partial charge in [-0.25, -0.2) is 0 Å². The fourth-order valence-corrected chi connectivity index (χ4v) is 1.08. The summed E-state index contributed by atoms with van der Waals surface area (Å²) in [6.45, 7) is -0.339. The van der Waals surface area contributed by atoms with Crippen LogP contribution in [-0.4, -0.2) is 34.0 Å². The Hall–Kier alpha value is -2.69. The fourth-order valence-electron chi connectivity index (χ4n) is 1.08. The Kier molecular flexibility index (Phi) is 4.38. The van der Waals surface area contributed by atoms with Gasteiger partial charge in [0.05, 0.1) is 6.54 Å². The first-order chi connectivity index (χ1) is 8.15. The second-order valence-electron chi connectivity index (χ2n) is 2.90. The van der Waals surface area contributed by atoms with E-state index in [2.05, 4.69) is 9.82 Å². The van der Waals surface area contributed by atoms with Crippen LogP contribution in [0.25, 0.3) is 0 Å². The van der Waals surface area contributed by atoms with Crippen LogP contribution >= 0.6 is 0 Å². The number of nitrogens with zero attached hydrogens (tertiary/aromatic N) is 4. The summed E-state index contributed by atoms with van der Waals surface area (Å²) < 4.78 is 0. The van der Waals surface area contributed by atoms with Crippen LogP contribution in [0.2, 0.25) is 0 Å². The molecule has 0 amide bonds. The van der Waals surface area contributed by atoms with Crippen LogP contribution in [0, 0.1) is 27.0 Å². The summed E-state index contributed by atoms with van der Waals surface area (Å²) in [5.41, 5.74) is 0.454. The molecule has 1 rings (SSSR count). The molecule has 1 N–H and O–H groups in total. The van der Waals surface area contributed by atoms with E-state index in [9.17, 15) is 10.1 Å². The van der Waals surface area contributed by atoms with Crippen molar-refractivity contribution in [3.05, 3.63) is 40.2 Å². The molecular formula is C9H9N5O3. The minimum absolute atomic E-state index is 0.0643. The van der Waals surface area contributed by atoms with E-state index in [4.69, 9.17) is 10.7 Å². The molecule has 0 unspecified atom stereocenters. The molecule has 1 heterocycles. The van der Waals surface area contributed by atoms with Crippen molar-refractivity contribution in [2.24, 2.45) is 0 Å². The van der Waals surface area contributed by atoms with Gasteiger partial charge in [0.15, 0.2) is 6.19 Å². The Labute approximate surface area is 96.7 Å². The second kappa shape index (κ2) is 6.02. The third-order valence-electron chi connectivity index (χ3n) is 1.84. The van der Waals surface area contributed by atoms with Gasteiger partial charge in [0, 0.05) is 18.0 Å². The molecule has 1 aromatic heterocycles. The standard InChI is InChI=1S/C9H9N5O3/c10-7-13(4-5-17-14(15)16)9(11)8-2-1-3-12-6-8/h1-3,6,11H,4-5H2. The Morgan fingerprint density at radius 1 is 1.76 bits per heavy atom. The van der Waals surface area contributed by atoms with Gasteiger partial charge in [-0.05, 0) is 12.1 Å². The number of pyridine rings is 1. The van der Waals surface area contributed by atoms with Gasteiger partial charge in [-0.15, -0.1) is 10.1 Å². The van der Waals surface area contributed by atoms with Gasteiger partial charge in [-0.1, -0.05) is 0 Å². The predicted molar refractivity (Wildman–Crippen MR) is 56.3 cm³/mol. The number of nitrogens with one attached hydrogen (secondary N) is 1. The smallest absolute Gasteiger partial charge is 0.294 e. The highest BCUT2D eigenvalue weighted by molar-refractivity contribution is 5.96. The van der Waals surface area contributed by atoms with Crippen molar-refractivity contribution in [3.8, 4) is 6.19 Å². The lowest BCUT2D eigenvalue weighted by Gasteiger charge is -2.15. The fraction of sp³-hybridized carbons (Fsp3) is 0.222. The van der Waals surface area contributed by atoms with Crippen molar-refractivity contribution in [2.45, 2.75) is 0 Å². The topological polar surface area (TPSA) is 116 Å². The van der Waals surface area contributed by atoms with Gasteiger partial charge in [0.25, 0.3) is 5.09 Å². The monoisotopic (exact) mass is 235 g/mol. The van der Waals surface area contributed by atoms with E-state index < -0.39 is 5.09 Å². The molecule has 0 aromatic carbocycles. The molecular weight excluding hydrogens is 226 g/mol. The van der Waals surface area contributed by atoms with E-state index >= 15 is 0 Å². The van der Waals surface area contributed by atoms with Crippen molar-refractivity contribution in [1.29, 1.82) is 10.7 Å². The van der Waals surface area contributed by atoms with E-state index in [0.717, 1.165) is 4.90 Å². The number of nitriles is 1. The Bertz CT molecular complexity index is 442. The van der Waals surface area contributed by atoms with Gasteiger partial charge in [0.1, 0.15) is 12.4 Å². The molecule has 0 fully saturated rings. The second-order valence-corrected chi connectivity index (χ2v) is 2.90. The molecule has 8 nitrogen and oxygen atoms in total. The van der Waals surface area contributed by atoms with E-state index in [1.807, 2.05) is 0 Å². The van der Waals surface area contributed by atoms with Gasteiger partial charge >= 0.3 is 0 Å². The number of hydrogen-bond donors (Lipinski definition) is 1. The molecule has 0 aliphatic carbocycles. The minimum Gasteiger partial charge on any atom is -0.312 e. The van der Waals surface area contributed by atoms with Gasteiger partial charge in [-0.3, -0.25) is 15.3 Å². The summed E-state index contributed by atoms with van der Waals surface area (Å²) in [5, 5.41) is 25.5. The maximum atomic E-state index is 9.93. The molecule has 0 saturated carbocycles. The maximum Gasteiger partial charge on any atom is 0.294 e. The van der Waals surface area contributed by atoms with Crippen molar-refractivity contribution in [3.63, 3.8) is 0 Å². The number of aromatic nitrogens is 1. The zero-order valence-electron chi connectivity index (χ0n) is 8.74. The van der Waals surface area contributed by atoms with Crippen LogP contribution in [0.15, 0.2) is 24.5 Å². The first-order valence-corrected chi connectivity index (χ1v) is 4.58. The first kappa shape index (κ1) is 12.4. The molecule has 17 heavy (non-hydrogen) atoms. The maximum absolute atomic E-state index is 9.93. The Morgan fingerprint density at radius 3 is 3.06 bits per heavy atom. The molecule has 0 bridgehead atoms. The van der Waals surface area contributed by atoms with Crippen molar-refractivity contribution < 1.29 is 9.92 Å². The first-order valence-electron chi connectivity index (χ1n) is 4.58. The summed E-state index contributed by atoms with van der Waals surface area (Å²) in [6, 6.07) is 3.25. The highest BCUT2D eigenvalue weighted by Gasteiger charge is 2.11. The zero-order chi connectivity index (χ0) is 12.7. The normalized spacial score (nSPS) is 9.12. The van der Waals surface area contributed by atoms with E-state index in [1.165, 1.54) is 6.20 Å². The number of hydrogen-bond acceptors (Lipinski definition) is 6. The quantitative estimate of drug-likeness (QED) is 0.197. The lowest BCUT2D eigenvalue weighted by Crippen LogP contribution is -2.30. The van der Waals surface area contributed by atoms with E-state index in [0.29, 0.717) is 5.56 Å². The van der Waals surface area contributed by atoms with Crippen LogP contribution in [0.1, 0.15) is 5.56 Å². The summed E-state index contributed by atoms with van der Waals surface area (Å²) in [5.74, 6) is -0.0763. The third-order valence-corrected chi connectivity index (χ3v) is 1.84. The third kappa shape index (κ3) is 3.75. The minimum atomic E-state index is -0.941. The van der Waals surface area contributed by atoms with Crippen molar-refractivity contribution >= 4 is 5.84 Å². The lowest BCUT2D eigenvalue weighted by molar-refractivity contribution is -0.757. The largest absolute Gasteiger partial charge is 0.312 e. The van der Waals surface area contributed by atoms with Crippen LogP contribution < -0.4 is 0 Å². The van der Waals surface area contributed by atoms with Crippen molar-refractivity contribution in [2.75, 3.05) is 13.2 Å². The molecule has 88 valence electrons. The van der Waals surface area contributed by atoms with Gasteiger partial charge < -0.3 is 4.84 Å². The molecule has 0 radical (unpaired) electrons. The number of rotatable bonds is 5. The molecule has 0 spiro atoms. The average Bonchev–Trinajstić information content (AvgIpc) is 2.34. The van der Waals surface area contributed by atoms with E-state index in [-0.39, 0.29) is 19.0 Å². The van der Waals surface area contributed by atoms with Crippen LogP contribution in [0.3, 0.4) is 0 Å². The molecule has 1 aromatic rings. The zero-order valence-corrected chi connectivity index (χ0v) is 8.74. The Morgan fingerprint density at radius 2 is 2.53 bits per heavy atom. The molecule has 0 atom stereocenters. The molecule has 8 heteroatoms. The predicted octanol–water partition coefficient (Wildman–Crippen LogP) is 0.398. The molecule has 0 aliphatic rings. The van der Waals surface area contributed by atoms with Crippen LogP contribution in [0.5, 0.6) is 0 Å². The highest BCUT2D eigenvalue weighted by atomic mass is 16.9.